The molecule has 1 aromatic heterocycles. The molecule has 0 unspecified atom stereocenters. The number of rotatable bonds is 6. The van der Waals surface area contributed by atoms with Crippen LogP contribution < -0.4 is 24.3 Å². The molecule has 1 amide bonds. The van der Waals surface area contributed by atoms with Crippen molar-refractivity contribution in [3.8, 4) is 29.1 Å². The standard InChI is InChI=1S/C26H24N4O6/c1-32-21-11-18-20(12-22(21)33-2)28-14-17(13-27)24(18)29-19-5-3-16(25-26(19)36-15-35-25)4-6-23(31)30-7-9-34-10-8-30/h3-6,11-12,14H,7-10,15H2,1-2H3,(H,28,29)/b6-4+. The van der Waals surface area contributed by atoms with Crippen molar-refractivity contribution >= 4 is 34.3 Å². The number of nitrogens with one attached hydrogen (secondary N) is 1. The van der Waals surface area contributed by atoms with E-state index in [4.69, 9.17) is 23.7 Å². The van der Waals surface area contributed by atoms with Crippen molar-refractivity contribution in [2.75, 3.05) is 52.6 Å². The molecule has 0 spiro atoms. The molecule has 10 heteroatoms. The number of ether oxygens (including phenoxy) is 5. The second-order valence-corrected chi connectivity index (χ2v) is 8.05. The van der Waals surface area contributed by atoms with Crippen molar-refractivity contribution in [2.45, 2.75) is 0 Å². The van der Waals surface area contributed by atoms with Crippen molar-refractivity contribution in [3.05, 3.63) is 47.7 Å². The molecule has 184 valence electrons. The maximum atomic E-state index is 12.5. The van der Waals surface area contributed by atoms with Crippen LogP contribution in [0.2, 0.25) is 0 Å². The molecule has 1 saturated heterocycles. The molecule has 1 fully saturated rings. The Balaban J connectivity index is 1.50. The zero-order chi connectivity index (χ0) is 25.1. The fraction of sp³-hybridized carbons (Fsp3) is 0.269. The Morgan fingerprint density at radius 3 is 2.64 bits per heavy atom. The van der Waals surface area contributed by atoms with Gasteiger partial charge in [0.25, 0.3) is 0 Å². The molecule has 0 aliphatic carbocycles. The number of benzene rings is 2. The third-order valence-corrected chi connectivity index (χ3v) is 6.03. The second kappa shape index (κ2) is 10.0. The molecule has 3 aromatic rings. The molecule has 3 heterocycles. The van der Waals surface area contributed by atoms with E-state index in [0.29, 0.717) is 82.7 Å². The first-order valence-corrected chi connectivity index (χ1v) is 11.3. The van der Waals surface area contributed by atoms with Crippen LogP contribution in [-0.2, 0) is 9.53 Å². The average Bonchev–Trinajstić information content (AvgIpc) is 3.43. The molecule has 2 aromatic carbocycles. The Morgan fingerprint density at radius 2 is 1.89 bits per heavy atom. The summed E-state index contributed by atoms with van der Waals surface area (Å²) in [5, 5.41) is 13.8. The average molecular weight is 489 g/mol. The summed E-state index contributed by atoms with van der Waals surface area (Å²) in [4.78, 5) is 18.7. The summed E-state index contributed by atoms with van der Waals surface area (Å²) in [7, 11) is 3.10. The fourth-order valence-corrected chi connectivity index (χ4v) is 4.17. The molecule has 10 nitrogen and oxygen atoms in total. The van der Waals surface area contributed by atoms with E-state index in [2.05, 4.69) is 16.4 Å². The maximum absolute atomic E-state index is 12.5. The quantitative estimate of drug-likeness (QED) is 0.521. The van der Waals surface area contributed by atoms with Crippen LogP contribution in [0.5, 0.6) is 23.0 Å². The van der Waals surface area contributed by atoms with Crippen molar-refractivity contribution in [1.29, 1.82) is 5.26 Å². The van der Waals surface area contributed by atoms with Gasteiger partial charge in [-0.2, -0.15) is 5.26 Å². The summed E-state index contributed by atoms with van der Waals surface area (Å²) in [6.07, 6.45) is 4.75. The summed E-state index contributed by atoms with van der Waals surface area (Å²) < 4.78 is 27.6. The Labute approximate surface area is 207 Å². The zero-order valence-electron chi connectivity index (χ0n) is 19.9. The van der Waals surface area contributed by atoms with E-state index in [-0.39, 0.29) is 12.7 Å². The summed E-state index contributed by atoms with van der Waals surface area (Å²) in [5.74, 6) is 1.97. The summed E-state index contributed by atoms with van der Waals surface area (Å²) >= 11 is 0. The molecule has 1 N–H and O–H groups in total. The number of nitriles is 1. The Hall–Kier alpha value is -4.49. The molecule has 0 saturated carbocycles. The third-order valence-electron chi connectivity index (χ3n) is 6.03. The normalized spacial score (nSPS) is 14.6. The highest BCUT2D eigenvalue weighted by Crippen LogP contribution is 2.45. The number of aromatic nitrogens is 1. The largest absolute Gasteiger partial charge is 0.493 e. The van der Waals surface area contributed by atoms with E-state index in [9.17, 15) is 10.1 Å². The van der Waals surface area contributed by atoms with Gasteiger partial charge in [-0.05, 0) is 24.3 Å². The Bertz CT molecular complexity index is 1390. The van der Waals surface area contributed by atoms with Gasteiger partial charge in [0, 0.05) is 42.4 Å². The van der Waals surface area contributed by atoms with E-state index in [0.717, 1.165) is 0 Å². The van der Waals surface area contributed by atoms with Gasteiger partial charge < -0.3 is 33.9 Å². The van der Waals surface area contributed by atoms with E-state index >= 15 is 0 Å². The van der Waals surface area contributed by atoms with Crippen LogP contribution in [0, 0.1) is 11.3 Å². The number of fused-ring (bicyclic) bond motifs is 2. The predicted octanol–water partition coefficient (Wildman–Crippen LogP) is 3.47. The lowest BCUT2D eigenvalue weighted by molar-refractivity contribution is -0.129. The minimum absolute atomic E-state index is 0.0412. The highest BCUT2D eigenvalue weighted by molar-refractivity contribution is 5.98. The third kappa shape index (κ3) is 4.32. The van der Waals surface area contributed by atoms with Crippen LogP contribution in [0.25, 0.3) is 17.0 Å². The lowest BCUT2D eigenvalue weighted by Gasteiger charge is -2.25. The lowest BCUT2D eigenvalue weighted by atomic mass is 10.1. The number of morpholine rings is 1. The van der Waals surface area contributed by atoms with Gasteiger partial charge in [-0.15, -0.1) is 0 Å². The highest BCUT2D eigenvalue weighted by Gasteiger charge is 2.23. The fourth-order valence-electron chi connectivity index (χ4n) is 4.17. The maximum Gasteiger partial charge on any atom is 0.246 e. The predicted molar refractivity (Wildman–Crippen MR) is 132 cm³/mol. The second-order valence-electron chi connectivity index (χ2n) is 8.05. The number of hydrogen-bond donors (Lipinski definition) is 1. The van der Waals surface area contributed by atoms with Crippen molar-refractivity contribution < 1.29 is 28.5 Å². The SMILES string of the molecule is COc1cc2ncc(C#N)c(Nc3ccc(/C=C/C(=O)N4CCOCC4)c4c3OCO4)c2cc1OC. The first kappa shape index (κ1) is 23.3. The zero-order valence-corrected chi connectivity index (χ0v) is 19.9. The van der Waals surface area contributed by atoms with E-state index in [1.54, 1.807) is 37.3 Å². The number of pyridine rings is 1. The van der Waals surface area contributed by atoms with Crippen LogP contribution >= 0.6 is 0 Å². The van der Waals surface area contributed by atoms with E-state index < -0.39 is 0 Å². The Morgan fingerprint density at radius 1 is 1.14 bits per heavy atom. The topological polar surface area (TPSA) is 115 Å². The van der Waals surface area contributed by atoms with Crippen LogP contribution in [0.15, 0.2) is 36.5 Å². The van der Waals surface area contributed by atoms with Gasteiger partial charge in [0.1, 0.15) is 6.07 Å². The van der Waals surface area contributed by atoms with Gasteiger partial charge >= 0.3 is 0 Å². The summed E-state index contributed by atoms with van der Waals surface area (Å²) in [5.41, 5.74) is 2.85. The molecular formula is C26H24N4O6. The molecule has 5 rings (SSSR count). The van der Waals surface area contributed by atoms with Crippen LogP contribution in [0.3, 0.4) is 0 Å². The molecule has 0 radical (unpaired) electrons. The van der Waals surface area contributed by atoms with Gasteiger partial charge in [-0.1, -0.05) is 0 Å². The van der Waals surface area contributed by atoms with Crippen LogP contribution in [0.4, 0.5) is 11.4 Å². The van der Waals surface area contributed by atoms with Gasteiger partial charge in [0.2, 0.25) is 12.7 Å². The van der Waals surface area contributed by atoms with E-state index in [1.807, 2.05) is 12.1 Å². The monoisotopic (exact) mass is 488 g/mol. The first-order chi connectivity index (χ1) is 17.6. The minimum atomic E-state index is -0.0838. The summed E-state index contributed by atoms with van der Waals surface area (Å²) in [6, 6.07) is 9.37. The number of methoxy groups -OCH3 is 2. The van der Waals surface area contributed by atoms with Crippen molar-refractivity contribution in [1.82, 2.24) is 9.88 Å². The molecule has 2 aliphatic rings. The van der Waals surface area contributed by atoms with Crippen molar-refractivity contribution in [3.63, 3.8) is 0 Å². The molecule has 0 atom stereocenters. The summed E-state index contributed by atoms with van der Waals surface area (Å²) in [6.45, 7) is 2.27. The van der Waals surface area contributed by atoms with Gasteiger partial charge in [0.15, 0.2) is 23.0 Å². The number of carbonyl (C=O) groups is 1. The van der Waals surface area contributed by atoms with Crippen LogP contribution in [-0.4, -0.2) is 63.1 Å². The number of hydrogen-bond acceptors (Lipinski definition) is 9. The lowest BCUT2D eigenvalue weighted by Crippen LogP contribution is -2.39. The van der Waals surface area contributed by atoms with Gasteiger partial charge in [-0.3, -0.25) is 9.78 Å². The first-order valence-electron chi connectivity index (χ1n) is 11.3. The number of amides is 1. The molecule has 36 heavy (non-hydrogen) atoms. The van der Waals surface area contributed by atoms with Gasteiger partial charge in [-0.25, -0.2) is 0 Å². The Kier molecular flexibility index (Phi) is 6.47. The van der Waals surface area contributed by atoms with Gasteiger partial charge in [0.05, 0.1) is 49.9 Å². The van der Waals surface area contributed by atoms with Crippen LogP contribution in [0.1, 0.15) is 11.1 Å². The minimum Gasteiger partial charge on any atom is -0.493 e. The highest BCUT2D eigenvalue weighted by atomic mass is 16.7. The molecule has 0 bridgehead atoms. The van der Waals surface area contributed by atoms with Crippen molar-refractivity contribution in [2.24, 2.45) is 0 Å². The number of nitrogens with zero attached hydrogens (tertiary/aromatic N) is 3. The van der Waals surface area contributed by atoms with E-state index in [1.165, 1.54) is 12.3 Å². The number of anilines is 2. The smallest absolute Gasteiger partial charge is 0.246 e. The number of carbonyl (C=O) groups excluding carboxylic acids is 1. The molecule has 2 aliphatic heterocycles. The molecular weight excluding hydrogens is 464 g/mol.